The van der Waals surface area contributed by atoms with E-state index in [1.165, 1.54) is 6.20 Å². The summed E-state index contributed by atoms with van der Waals surface area (Å²) in [5, 5.41) is 1.58. The molecule has 0 radical (unpaired) electrons. The zero-order valence-electron chi connectivity index (χ0n) is 8.78. The topological polar surface area (TPSA) is 54.5 Å². The van der Waals surface area contributed by atoms with Gasteiger partial charge in [-0.25, -0.2) is 15.0 Å². The maximum Gasteiger partial charge on any atom is 0.222 e. The Hall–Kier alpha value is -1.17. The molecule has 0 spiro atoms. The van der Waals surface area contributed by atoms with Crippen LogP contribution in [0.3, 0.4) is 0 Å². The average molecular weight is 344 g/mol. The molecule has 0 saturated carbocycles. The molecule has 0 aromatic carbocycles. The molecule has 0 unspecified atom stereocenters. The summed E-state index contributed by atoms with van der Waals surface area (Å²) < 4.78 is 0.743. The smallest absolute Gasteiger partial charge is 0.222 e. The lowest BCUT2D eigenvalue weighted by atomic mass is 10.1. The molecule has 1 N–H and O–H groups in total. The minimum absolute atomic E-state index is 0.164. The van der Waals surface area contributed by atoms with Crippen molar-refractivity contribution in [3.05, 3.63) is 39.6 Å². The van der Waals surface area contributed by atoms with E-state index in [0.29, 0.717) is 10.7 Å². The maximum absolute atomic E-state index is 6.10. The quantitative estimate of drug-likeness (QED) is 0.534. The lowest BCUT2D eigenvalue weighted by Crippen LogP contribution is -1.88. The molecule has 3 aromatic rings. The van der Waals surface area contributed by atoms with Crippen LogP contribution < -0.4 is 0 Å². The molecule has 0 atom stereocenters. The highest BCUT2D eigenvalue weighted by Gasteiger charge is 2.12. The SMILES string of the molecule is Clc1ncc(Cl)c(-c2c[nH]c3cnc(Br)cc23)n1. The van der Waals surface area contributed by atoms with E-state index in [9.17, 15) is 0 Å². The Kier molecular flexibility index (Phi) is 2.97. The first-order chi connectivity index (χ1) is 8.65. The van der Waals surface area contributed by atoms with Crippen LogP contribution in [0.1, 0.15) is 0 Å². The van der Waals surface area contributed by atoms with Crippen molar-refractivity contribution in [3.63, 3.8) is 0 Å². The lowest BCUT2D eigenvalue weighted by molar-refractivity contribution is 1.17. The number of fused-ring (bicyclic) bond motifs is 1. The average Bonchev–Trinajstić information content (AvgIpc) is 2.75. The van der Waals surface area contributed by atoms with Gasteiger partial charge in [-0.1, -0.05) is 11.6 Å². The zero-order chi connectivity index (χ0) is 12.7. The van der Waals surface area contributed by atoms with E-state index in [2.05, 4.69) is 35.9 Å². The van der Waals surface area contributed by atoms with Gasteiger partial charge in [0.15, 0.2) is 0 Å². The number of aromatic nitrogens is 4. The molecular formula is C11H5BrCl2N4. The Morgan fingerprint density at radius 3 is 2.83 bits per heavy atom. The summed E-state index contributed by atoms with van der Waals surface area (Å²) in [5.41, 5.74) is 2.36. The van der Waals surface area contributed by atoms with E-state index >= 15 is 0 Å². The van der Waals surface area contributed by atoms with Crippen LogP contribution >= 0.6 is 39.1 Å². The fourth-order valence-corrected chi connectivity index (χ4v) is 2.38. The predicted molar refractivity (Wildman–Crippen MR) is 74.8 cm³/mol. The molecule has 0 aliphatic rings. The third-order valence-corrected chi connectivity index (χ3v) is 3.39. The molecule has 0 bridgehead atoms. The third-order valence-electron chi connectivity index (χ3n) is 2.50. The summed E-state index contributed by atoms with van der Waals surface area (Å²) in [6.45, 7) is 0. The summed E-state index contributed by atoms with van der Waals surface area (Å²) >= 11 is 15.2. The van der Waals surface area contributed by atoms with E-state index in [1.807, 2.05) is 12.3 Å². The molecule has 7 heteroatoms. The van der Waals surface area contributed by atoms with Gasteiger partial charge in [-0.15, -0.1) is 0 Å². The van der Waals surface area contributed by atoms with Crippen molar-refractivity contribution in [3.8, 4) is 11.3 Å². The number of aromatic amines is 1. The van der Waals surface area contributed by atoms with Crippen molar-refractivity contribution < 1.29 is 0 Å². The van der Waals surface area contributed by atoms with Crippen LogP contribution in [0.15, 0.2) is 29.3 Å². The molecule has 0 aliphatic carbocycles. The highest BCUT2D eigenvalue weighted by molar-refractivity contribution is 9.10. The molecule has 18 heavy (non-hydrogen) atoms. The predicted octanol–water partition coefficient (Wildman–Crippen LogP) is 4.09. The summed E-state index contributed by atoms with van der Waals surface area (Å²) in [6, 6.07) is 1.90. The van der Waals surface area contributed by atoms with Crippen molar-refractivity contribution in [2.24, 2.45) is 0 Å². The van der Waals surface area contributed by atoms with E-state index in [1.54, 1.807) is 6.20 Å². The van der Waals surface area contributed by atoms with Gasteiger partial charge in [0.1, 0.15) is 4.60 Å². The minimum Gasteiger partial charge on any atom is -0.359 e. The van der Waals surface area contributed by atoms with Gasteiger partial charge in [-0.05, 0) is 33.6 Å². The van der Waals surface area contributed by atoms with Crippen LogP contribution in [0.4, 0.5) is 0 Å². The Bertz CT molecular complexity index is 741. The Labute approximate surface area is 121 Å². The van der Waals surface area contributed by atoms with Gasteiger partial charge in [-0.3, -0.25) is 0 Å². The second kappa shape index (κ2) is 4.50. The van der Waals surface area contributed by atoms with Gasteiger partial charge in [0, 0.05) is 17.1 Å². The number of hydrogen-bond donors (Lipinski definition) is 1. The molecule has 3 rings (SSSR count). The first kappa shape index (κ1) is 11.9. The summed E-state index contributed by atoms with van der Waals surface area (Å²) in [5.74, 6) is 0. The van der Waals surface area contributed by atoms with Crippen molar-refractivity contribution in [1.29, 1.82) is 0 Å². The fraction of sp³-hybridized carbons (Fsp3) is 0. The molecule has 3 heterocycles. The second-order valence-corrected chi connectivity index (χ2v) is 5.15. The van der Waals surface area contributed by atoms with Crippen molar-refractivity contribution in [1.82, 2.24) is 19.9 Å². The van der Waals surface area contributed by atoms with Crippen LogP contribution in [-0.2, 0) is 0 Å². The molecule has 0 aliphatic heterocycles. The van der Waals surface area contributed by atoms with Crippen LogP contribution in [-0.4, -0.2) is 19.9 Å². The van der Waals surface area contributed by atoms with Crippen LogP contribution in [0.25, 0.3) is 22.2 Å². The molecule has 0 fully saturated rings. The van der Waals surface area contributed by atoms with Gasteiger partial charge in [-0.2, -0.15) is 0 Å². The van der Waals surface area contributed by atoms with Crippen molar-refractivity contribution in [2.75, 3.05) is 0 Å². The van der Waals surface area contributed by atoms with E-state index in [-0.39, 0.29) is 5.28 Å². The van der Waals surface area contributed by atoms with Crippen molar-refractivity contribution in [2.45, 2.75) is 0 Å². The number of nitrogens with one attached hydrogen (secondary N) is 1. The molecule has 90 valence electrons. The number of pyridine rings is 1. The number of halogens is 3. The number of rotatable bonds is 1. The Morgan fingerprint density at radius 1 is 1.17 bits per heavy atom. The normalized spacial score (nSPS) is 11.1. The Morgan fingerprint density at radius 2 is 2.00 bits per heavy atom. The van der Waals surface area contributed by atoms with Crippen LogP contribution in [0.5, 0.6) is 0 Å². The summed E-state index contributed by atoms with van der Waals surface area (Å²) in [4.78, 5) is 15.3. The summed E-state index contributed by atoms with van der Waals surface area (Å²) in [7, 11) is 0. The van der Waals surface area contributed by atoms with Gasteiger partial charge < -0.3 is 4.98 Å². The molecule has 0 amide bonds. The minimum atomic E-state index is 0.164. The van der Waals surface area contributed by atoms with Crippen molar-refractivity contribution >= 4 is 50.0 Å². The number of H-pyrrole nitrogens is 1. The van der Waals surface area contributed by atoms with Gasteiger partial charge >= 0.3 is 0 Å². The molecular weight excluding hydrogens is 339 g/mol. The monoisotopic (exact) mass is 342 g/mol. The first-order valence-electron chi connectivity index (χ1n) is 4.96. The van der Waals surface area contributed by atoms with Gasteiger partial charge in [0.2, 0.25) is 5.28 Å². The highest BCUT2D eigenvalue weighted by Crippen LogP contribution is 2.32. The zero-order valence-corrected chi connectivity index (χ0v) is 11.9. The lowest BCUT2D eigenvalue weighted by Gasteiger charge is -2.02. The van der Waals surface area contributed by atoms with Gasteiger partial charge in [0.05, 0.1) is 28.6 Å². The fourth-order valence-electron chi connectivity index (χ4n) is 1.73. The third kappa shape index (κ3) is 1.98. The van der Waals surface area contributed by atoms with E-state index in [4.69, 9.17) is 23.2 Å². The second-order valence-electron chi connectivity index (χ2n) is 3.59. The van der Waals surface area contributed by atoms with Crippen LogP contribution in [0.2, 0.25) is 10.3 Å². The number of nitrogens with zero attached hydrogens (tertiary/aromatic N) is 3. The first-order valence-corrected chi connectivity index (χ1v) is 6.51. The molecule has 0 saturated heterocycles. The molecule has 3 aromatic heterocycles. The van der Waals surface area contributed by atoms with Gasteiger partial charge in [0.25, 0.3) is 0 Å². The Balaban J connectivity index is 2.31. The number of hydrogen-bond acceptors (Lipinski definition) is 3. The largest absolute Gasteiger partial charge is 0.359 e. The van der Waals surface area contributed by atoms with E-state index in [0.717, 1.165) is 21.1 Å². The standard InChI is InChI=1S/C11H5BrCl2N4/c12-9-1-5-6(2-15-8(5)4-16-9)10-7(13)3-17-11(14)18-10/h1-4,15H. The summed E-state index contributed by atoms with van der Waals surface area (Å²) in [6.07, 6.45) is 5.05. The van der Waals surface area contributed by atoms with Crippen LogP contribution in [0, 0.1) is 0 Å². The van der Waals surface area contributed by atoms with E-state index < -0.39 is 0 Å². The highest BCUT2D eigenvalue weighted by atomic mass is 79.9. The molecule has 4 nitrogen and oxygen atoms in total. The maximum atomic E-state index is 6.10.